The number of methoxy groups -OCH3 is 1. The smallest absolute Gasteiger partial charge is 0.272 e. The summed E-state index contributed by atoms with van der Waals surface area (Å²) in [6.45, 7) is 2.27. The molecule has 170 valence electrons. The zero-order valence-corrected chi connectivity index (χ0v) is 18.0. The number of halogens is 1. The molecule has 1 aliphatic carbocycles. The minimum Gasteiger partial charge on any atom is -0.481 e. The molecule has 4 heterocycles. The van der Waals surface area contributed by atoms with E-state index in [4.69, 9.17) is 4.74 Å². The number of H-pyrrole nitrogens is 1. The van der Waals surface area contributed by atoms with Crippen molar-refractivity contribution in [2.75, 3.05) is 26.7 Å². The number of rotatable bonds is 5. The minimum atomic E-state index is -0.542. The highest BCUT2D eigenvalue weighted by Crippen LogP contribution is 2.50. The number of ether oxygens (including phenoxy) is 1. The number of piperidine rings is 1. The molecule has 2 aromatic heterocycles. The van der Waals surface area contributed by atoms with Crippen molar-refractivity contribution in [2.24, 2.45) is 5.92 Å². The van der Waals surface area contributed by atoms with Crippen LogP contribution in [-0.2, 0) is 4.79 Å². The lowest BCUT2D eigenvalue weighted by molar-refractivity contribution is -0.127. The zero-order chi connectivity index (χ0) is 22.3. The van der Waals surface area contributed by atoms with Gasteiger partial charge in [0.15, 0.2) is 5.82 Å². The first kappa shape index (κ1) is 20.9. The van der Waals surface area contributed by atoms with Crippen LogP contribution < -0.4 is 15.4 Å². The second-order valence-electron chi connectivity index (χ2n) is 8.94. The quantitative estimate of drug-likeness (QED) is 0.647. The van der Waals surface area contributed by atoms with Gasteiger partial charge in [-0.3, -0.25) is 14.7 Å². The maximum atomic E-state index is 14.2. The average molecular weight is 442 g/mol. The minimum absolute atomic E-state index is 0.0714. The SMILES string of the molecule is COc1cc(-c2cc(C(=O)N3CCC(C(=O)NC4CCNC4)CC34CC4)[nH]n2)c(F)cn1. The number of amides is 2. The molecule has 3 aliphatic rings. The Morgan fingerprint density at radius 3 is 2.88 bits per heavy atom. The van der Waals surface area contributed by atoms with E-state index in [-0.39, 0.29) is 40.8 Å². The molecule has 2 aromatic rings. The third-order valence-electron chi connectivity index (χ3n) is 6.87. The van der Waals surface area contributed by atoms with Crippen molar-refractivity contribution in [1.82, 2.24) is 30.7 Å². The molecule has 0 bridgehead atoms. The Hall–Kier alpha value is -3.01. The third-order valence-corrected chi connectivity index (χ3v) is 6.87. The number of carbonyl (C=O) groups excluding carboxylic acids is 2. The summed E-state index contributed by atoms with van der Waals surface area (Å²) in [5.74, 6) is -0.412. The van der Waals surface area contributed by atoms with Crippen molar-refractivity contribution in [3.05, 3.63) is 29.8 Å². The molecule has 1 saturated carbocycles. The van der Waals surface area contributed by atoms with Crippen LogP contribution in [0.15, 0.2) is 18.3 Å². The zero-order valence-electron chi connectivity index (χ0n) is 18.0. The molecule has 3 fully saturated rings. The van der Waals surface area contributed by atoms with Gasteiger partial charge in [0.2, 0.25) is 11.8 Å². The van der Waals surface area contributed by atoms with Crippen LogP contribution in [0.1, 0.15) is 42.6 Å². The number of likely N-dealkylation sites (tertiary alicyclic amines) is 1. The summed E-state index contributed by atoms with van der Waals surface area (Å²) >= 11 is 0. The van der Waals surface area contributed by atoms with Crippen molar-refractivity contribution >= 4 is 11.8 Å². The molecule has 1 spiro atoms. The van der Waals surface area contributed by atoms with Gasteiger partial charge < -0.3 is 20.3 Å². The highest BCUT2D eigenvalue weighted by atomic mass is 19.1. The number of pyridine rings is 1. The van der Waals surface area contributed by atoms with E-state index in [0.717, 1.165) is 38.5 Å². The number of nitrogens with one attached hydrogen (secondary N) is 3. The lowest BCUT2D eigenvalue weighted by Crippen LogP contribution is -2.51. The number of aromatic amines is 1. The fraction of sp³-hybridized carbons (Fsp3) is 0.545. The molecule has 0 aromatic carbocycles. The predicted molar refractivity (Wildman–Crippen MR) is 113 cm³/mol. The largest absolute Gasteiger partial charge is 0.481 e. The molecule has 2 atom stereocenters. The van der Waals surface area contributed by atoms with E-state index in [1.165, 1.54) is 13.2 Å². The molecular weight excluding hydrogens is 415 g/mol. The van der Waals surface area contributed by atoms with Gasteiger partial charge in [-0.25, -0.2) is 9.37 Å². The van der Waals surface area contributed by atoms with Crippen LogP contribution in [0.25, 0.3) is 11.3 Å². The van der Waals surface area contributed by atoms with Crippen molar-refractivity contribution in [3.8, 4) is 17.1 Å². The van der Waals surface area contributed by atoms with E-state index in [2.05, 4.69) is 25.8 Å². The van der Waals surface area contributed by atoms with E-state index in [9.17, 15) is 14.0 Å². The number of nitrogens with zero attached hydrogens (tertiary/aromatic N) is 3. The summed E-state index contributed by atoms with van der Waals surface area (Å²) in [7, 11) is 1.45. The van der Waals surface area contributed by atoms with Crippen LogP contribution in [0, 0.1) is 11.7 Å². The van der Waals surface area contributed by atoms with E-state index < -0.39 is 5.82 Å². The van der Waals surface area contributed by atoms with Crippen LogP contribution in [0.5, 0.6) is 5.88 Å². The lowest BCUT2D eigenvalue weighted by Gasteiger charge is -2.39. The Bertz CT molecular complexity index is 1030. The van der Waals surface area contributed by atoms with Crippen molar-refractivity contribution in [3.63, 3.8) is 0 Å². The normalized spacial score (nSPS) is 23.9. The van der Waals surface area contributed by atoms with E-state index in [1.807, 2.05) is 4.90 Å². The van der Waals surface area contributed by atoms with Gasteiger partial charge in [-0.2, -0.15) is 5.10 Å². The molecule has 9 nitrogen and oxygen atoms in total. The molecular formula is C22H27FN6O3. The van der Waals surface area contributed by atoms with Crippen LogP contribution in [0.3, 0.4) is 0 Å². The van der Waals surface area contributed by atoms with Gasteiger partial charge in [0.25, 0.3) is 5.91 Å². The molecule has 5 rings (SSSR count). The molecule has 2 amide bonds. The monoisotopic (exact) mass is 442 g/mol. The Labute approximate surface area is 185 Å². The van der Waals surface area contributed by atoms with Crippen LogP contribution in [0.4, 0.5) is 4.39 Å². The number of hydrogen-bond donors (Lipinski definition) is 3. The fourth-order valence-corrected chi connectivity index (χ4v) is 4.89. The summed E-state index contributed by atoms with van der Waals surface area (Å²) in [5.41, 5.74) is 0.573. The molecule has 3 N–H and O–H groups in total. The second-order valence-corrected chi connectivity index (χ2v) is 8.94. The first-order chi connectivity index (χ1) is 15.5. The van der Waals surface area contributed by atoms with Gasteiger partial charge >= 0.3 is 0 Å². The van der Waals surface area contributed by atoms with Gasteiger partial charge in [-0.15, -0.1) is 0 Å². The number of aromatic nitrogens is 3. The summed E-state index contributed by atoms with van der Waals surface area (Å²) in [6, 6.07) is 3.21. The molecule has 32 heavy (non-hydrogen) atoms. The Morgan fingerprint density at radius 2 is 2.16 bits per heavy atom. The molecule has 2 unspecified atom stereocenters. The Kier molecular flexibility index (Phi) is 5.32. The molecule has 2 saturated heterocycles. The molecule has 10 heteroatoms. The van der Waals surface area contributed by atoms with Crippen molar-refractivity contribution in [1.29, 1.82) is 0 Å². The highest BCUT2D eigenvalue weighted by molar-refractivity contribution is 5.94. The van der Waals surface area contributed by atoms with Gasteiger partial charge in [-0.05, 0) is 44.7 Å². The van der Waals surface area contributed by atoms with Crippen molar-refractivity contribution < 1.29 is 18.7 Å². The van der Waals surface area contributed by atoms with E-state index in [1.54, 1.807) is 6.07 Å². The third kappa shape index (κ3) is 3.83. The van der Waals surface area contributed by atoms with Gasteiger partial charge in [0, 0.05) is 42.2 Å². The van der Waals surface area contributed by atoms with Crippen LogP contribution >= 0.6 is 0 Å². The van der Waals surface area contributed by atoms with Gasteiger partial charge in [0.1, 0.15) is 5.69 Å². The number of carbonyl (C=O) groups is 2. The second kappa shape index (κ2) is 8.16. The molecule has 2 aliphatic heterocycles. The first-order valence-corrected chi connectivity index (χ1v) is 11.1. The van der Waals surface area contributed by atoms with Gasteiger partial charge in [0.05, 0.1) is 19.0 Å². The average Bonchev–Trinajstić information content (AvgIpc) is 3.20. The Morgan fingerprint density at radius 1 is 1.31 bits per heavy atom. The van der Waals surface area contributed by atoms with Crippen LogP contribution in [0.2, 0.25) is 0 Å². The standard InChI is InChI=1S/C22H27FN6O3/c1-32-19-8-15(16(23)12-25-19)17-9-18(28-27-17)21(31)29-7-3-13(10-22(29)4-5-22)20(30)26-14-2-6-24-11-14/h8-9,12-14,24H,2-7,10-11H2,1H3,(H,26,30)(H,27,28). The summed E-state index contributed by atoms with van der Waals surface area (Å²) in [5, 5.41) is 13.3. The summed E-state index contributed by atoms with van der Waals surface area (Å²) in [4.78, 5) is 31.7. The lowest BCUT2D eigenvalue weighted by atomic mass is 9.87. The maximum Gasteiger partial charge on any atom is 0.272 e. The first-order valence-electron chi connectivity index (χ1n) is 11.1. The van der Waals surface area contributed by atoms with Crippen LogP contribution in [-0.4, -0.2) is 70.2 Å². The van der Waals surface area contributed by atoms with E-state index >= 15 is 0 Å². The predicted octanol–water partition coefficient (Wildman–Crippen LogP) is 1.48. The summed E-state index contributed by atoms with van der Waals surface area (Å²) < 4.78 is 19.3. The topological polar surface area (TPSA) is 112 Å². The maximum absolute atomic E-state index is 14.2. The van der Waals surface area contributed by atoms with Crippen molar-refractivity contribution in [2.45, 2.75) is 43.7 Å². The van der Waals surface area contributed by atoms with E-state index in [0.29, 0.717) is 30.8 Å². The Balaban J connectivity index is 1.28. The summed E-state index contributed by atoms with van der Waals surface area (Å²) in [6.07, 6.45) is 5.13. The van der Waals surface area contributed by atoms with Gasteiger partial charge in [-0.1, -0.05) is 0 Å². The molecule has 0 radical (unpaired) electrons. The number of hydrogen-bond acceptors (Lipinski definition) is 6. The highest BCUT2D eigenvalue weighted by Gasteiger charge is 2.54. The fourth-order valence-electron chi connectivity index (χ4n) is 4.89.